The van der Waals surface area contributed by atoms with Gasteiger partial charge in [-0.1, -0.05) is 18.5 Å². The Labute approximate surface area is 106 Å². The fourth-order valence-electron chi connectivity index (χ4n) is 2.27. The molecule has 0 aliphatic carbocycles. The number of carbonyl (C=O) groups is 1. The maximum absolute atomic E-state index is 11.8. The van der Waals surface area contributed by atoms with Crippen LogP contribution < -0.4 is 5.32 Å². The Morgan fingerprint density at radius 1 is 1.59 bits per heavy atom. The number of rotatable bonds is 3. The van der Waals surface area contributed by atoms with Crippen molar-refractivity contribution in [3.8, 4) is 0 Å². The summed E-state index contributed by atoms with van der Waals surface area (Å²) in [6, 6.07) is 0. The number of ketones is 1. The summed E-state index contributed by atoms with van der Waals surface area (Å²) in [5.74, 6) is 0.375. The van der Waals surface area contributed by atoms with E-state index < -0.39 is 0 Å². The van der Waals surface area contributed by atoms with Crippen molar-refractivity contribution in [1.82, 2.24) is 15.1 Å². The van der Waals surface area contributed by atoms with Gasteiger partial charge in [0.25, 0.3) is 0 Å². The molecule has 5 heteroatoms. The lowest BCUT2D eigenvalue weighted by atomic mass is 9.93. The van der Waals surface area contributed by atoms with Crippen LogP contribution in [0.5, 0.6) is 0 Å². The summed E-state index contributed by atoms with van der Waals surface area (Å²) in [5, 5.41) is 8.35. The highest BCUT2D eigenvalue weighted by Crippen LogP contribution is 2.24. The Kier molecular flexibility index (Phi) is 3.84. The monoisotopic (exact) mass is 255 g/mol. The Morgan fingerprint density at radius 3 is 2.94 bits per heavy atom. The minimum absolute atomic E-state index is 0.0429. The van der Waals surface area contributed by atoms with Gasteiger partial charge in [-0.15, -0.1) is 0 Å². The highest BCUT2D eigenvalue weighted by molar-refractivity contribution is 6.31. The molecule has 1 aliphatic heterocycles. The highest BCUT2D eigenvalue weighted by atomic mass is 35.5. The van der Waals surface area contributed by atoms with Gasteiger partial charge in [0.2, 0.25) is 0 Å². The number of aromatic nitrogens is 2. The third kappa shape index (κ3) is 2.53. The Bertz CT molecular complexity index is 428. The molecule has 1 fully saturated rings. The molecule has 1 aromatic heterocycles. The van der Waals surface area contributed by atoms with E-state index in [-0.39, 0.29) is 5.92 Å². The predicted octanol–water partition coefficient (Wildman–Crippen LogP) is 1.36. The van der Waals surface area contributed by atoms with E-state index in [1.807, 2.05) is 18.7 Å². The van der Waals surface area contributed by atoms with Gasteiger partial charge in [-0.05, 0) is 6.42 Å². The van der Waals surface area contributed by atoms with E-state index in [0.29, 0.717) is 18.6 Å². The molecule has 0 saturated carbocycles. The lowest BCUT2D eigenvalue weighted by Gasteiger charge is -2.21. The first-order chi connectivity index (χ1) is 8.13. The molecule has 1 atom stereocenters. The average molecular weight is 256 g/mol. The lowest BCUT2D eigenvalue weighted by molar-refractivity contribution is -0.123. The Hall–Kier alpha value is -0.870. The van der Waals surface area contributed by atoms with Crippen LogP contribution in [0.4, 0.5) is 0 Å². The van der Waals surface area contributed by atoms with Crippen molar-refractivity contribution >= 4 is 17.4 Å². The molecule has 2 rings (SSSR count). The summed E-state index contributed by atoms with van der Waals surface area (Å²) in [6.07, 6.45) is 2.14. The van der Waals surface area contributed by atoms with E-state index in [2.05, 4.69) is 10.4 Å². The quantitative estimate of drug-likeness (QED) is 0.887. The van der Waals surface area contributed by atoms with Gasteiger partial charge in [-0.25, -0.2) is 0 Å². The van der Waals surface area contributed by atoms with Crippen molar-refractivity contribution in [3.63, 3.8) is 0 Å². The third-order valence-corrected chi connectivity index (χ3v) is 3.77. The van der Waals surface area contributed by atoms with Crippen molar-refractivity contribution in [1.29, 1.82) is 0 Å². The predicted molar refractivity (Wildman–Crippen MR) is 67.3 cm³/mol. The number of Topliss-reactive ketones (excluding diaryl/α,β-unsaturated/α-hetero) is 1. The van der Waals surface area contributed by atoms with Crippen molar-refractivity contribution < 1.29 is 4.79 Å². The van der Waals surface area contributed by atoms with Crippen LogP contribution in [0.2, 0.25) is 5.02 Å². The number of carbonyl (C=O) groups excluding carboxylic acids is 1. The van der Waals surface area contributed by atoms with Gasteiger partial charge >= 0.3 is 0 Å². The Balaban J connectivity index is 2.17. The average Bonchev–Trinajstić information content (AvgIpc) is 2.59. The molecular formula is C12H18ClN3O. The largest absolute Gasteiger partial charge is 0.316 e. The smallest absolute Gasteiger partial charge is 0.138 e. The zero-order chi connectivity index (χ0) is 12.4. The summed E-state index contributed by atoms with van der Waals surface area (Å²) in [5.41, 5.74) is 1.89. The maximum atomic E-state index is 11.8. The van der Waals surface area contributed by atoms with Crippen LogP contribution >= 0.6 is 11.6 Å². The molecule has 0 bridgehead atoms. The summed E-state index contributed by atoms with van der Waals surface area (Å²) < 4.78 is 1.81. The second-order valence-corrected chi connectivity index (χ2v) is 4.88. The molecule has 1 N–H and O–H groups in total. The van der Waals surface area contributed by atoms with Gasteiger partial charge in [0.15, 0.2) is 0 Å². The molecule has 0 aromatic carbocycles. The van der Waals surface area contributed by atoms with E-state index in [1.54, 1.807) is 0 Å². The molecule has 17 heavy (non-hydrogen) atoms. The number of hydrogen-bond donors (Lipinski definition) is 1. The van der Waals surface area contributed by atoms with Gasteiger partial charge in [0.1, 0.15) is 5.78 Å². The molecule has 4 nitrogen and oxygen atoms in total. The topological polar surface area (TPSA) is 46.9 Å². The maximum Gasteiger partial charge on any atom is 0.138 e. The number of aryl methyl sites for hydroxylation is 2. The number of hydrogen-bond acceptors (Lipinski definition) is 3. The molecule has 0 amide bonds. The molecule has 2 heterocycles. The summed E-state index contributed by atoms with van der Waals surface area (Å²) >= 11 is 6.28. The van der Waals surface area contributed by atoms with Crippen LogP contribution in [0.3, 0.4) is 0 Å². The van der Waals surface area contributed by atoms with Crippen LogP contribution in [-0.2, 0) is 24.7 Å². The minimum Gasteiger partial charge on any atom is -0.316 e. The van der Waals surface area contributed by atoms with E-state index in [9.17, 15) is 4.79 Å². The first-order valence-electron chi connectivity index (χ1n) is 6.07. The van der Waals surface area contributed by atoms with E-state index in [0.717, 1.165) is 35.9 Å². The van der Waals surface area contributed by atoms with Gasteiger partial charge in [0.05, 0.1) is 16.4 Å². The van der Waals surface area contributed by atoms with Crippen molar-refractivity contribution in [2.24, 2.45) is 13.0 Å². The number of halogens is 1. The third-order valence-electron chi connectivity index (χ3n) is 3.34. The second kappa shape index (κ2) is 5.19. The van der Waals surface area contributed by atoms with Crippen molar-refractivity contribution in [2.45, 2.75) is 26.2 Å². The zero-order valence-corrected chi connectivity index (χ0v) is 11.0. The lowest BCUT2D eigenvalue weighted by Crippen LogP contribution is -2.38. The van der Waals surface area contributed by atoms with Gasteiger partial charge in [-0.3, -0.25) is 9.48 Å². The fraction of sp³-hybridized carbons (Fsp3) is 0.667. The van der Waals surface area contributed by atoms with Crippen LogP contribution in [0, 0.1) is 5.92 Å². The molecule has 0 radical (unpaired) electrons. The number of piperidine rings is 1. The summed E-state index contributed by atoms with van der Waals surface area (Å²) in [6.45, 7) is 3.59. The molecular weight excluding hydrogens is 238 g/mol. The van der Waals surface area contributed by atoms with E-state index in [1.165, 1.54) is 0 Å². The first kappa shape index (κ1) is 12.6. The first-order valence-corrected chi connectivity index (χ1v) is 6.45. The molecule has 1 unspecified atom stereocenters. The van der Waals surface area contributed by atoms with Crippen LogP contribution in [0.25, 0.3) is 0 Å². The van der Waals surface area contributed by atoms with Crippen LogP contribution in [0.1, 0.15) is 24.7 Å². The van der Waals surface area contributed by atoms with Gasteiger partial charge in [0, 0.05) is 38.9 Å². The molecule has 0 spiro atoms. The molecule has 1 aromatic rings. The Morgan fingerprint density at radius 2 is 2.35 bits per heavy atom. The van der Waals surface area contributed by atoms with Crippen LogP contribution in [-0.4, -0.2) is 28.7 Å². The SMILES string of the molecule is CCc1nn(C)c(CC2CNCCC2=O)c1Cl. The van der Waals surface area contributed by atoms with E-state index in [4.69, 9.17) is 11.6 Å². The number of nitrogens with one attached hydrogen (secondary N) is 1. The van der Waals surface area contributed by atoms with Gasteiger partial charge in [-0.2, -0.15) is 5.10 Å². The highest BCUT2D eigenvalue weighted by Gasteiger charge is 2.25. The van der Waals surface area contributed by atoms with Gasteiger partial charge < -0.3 is 5.32 Å². The zero-order valence-electron chi connectivity index (χ0n) is 10.3. The summed E-state index contributed by atoms with van der Waals surface area (Å²) in [4.78, 5) is 11.8. The van der Waals surface area contributed by atoms with Crippen molar-refractivity contribution in [3.05, 3.63) is 16.4 Å². The second-order valence-electron chi connectivity index (χ2n) is 4.51. The normalized spacial score (nSPS) is 20.9. The fourth-order valence-corrected chi connectivity index (χ4v) is 2.64. The minimum atomic E-state index is 0.0429. The van der Waals surface area contributed by atoms with Crippen molar-refractivity contribution in [2.75, 3.05) is 13.1 Å². The molecule has 1 aliphatic rings. The van der Waals surface area contributed by atoms with Crippen LogP contribution in [0.15, 0.2) is 0 Å². The molecule has 94 valence electrons. The summed E-state index contributed by atoms with van der Waals surface area (Å²) in [7, 11) is 1.89. The standard InChI is InChI=1S/C12H18ClN3O/c1-3-9-12(13)10(16(2)15-9)6-8-7-14-5-4-11(8)17/h8,14H,3-7H2,1-2H3. The number of nitrogens with zero attached hydrogens (tertiary/aromatic N) is 2. The van der Waals surface area contributed by atoms with E-state index >= 15 is 0 Å². The molecule has 1 saturated heterocycles.